The number of aromatic nitrogens is 2. The van der Waals surface area contributed by atoms with E-state index in [-0.39, 0.29) is 30.3 Å². The number of aryl methyl sites for hydroxylation is 1. The molecule has 0 amide bonds. The van der Waals surface area contributed by atoms with Gasteiger partial charge >= 0.3 is 11.9 Å². The van der Waals surface area contributed by atoms with Crippen LogP contribution < -0.4 is 0 Å². The normalized spacial score (nSPS) is 10.4. The molecule has 0 radical (unpaired) electrons. The van der Waals surface area contributed by atoms with Crippen molar-refractivity contribution in [1.82, 2.24) is 9.55 Å². The lowest BCUT2D eigenvalue weighted by atomic mass is 10.2. The van der Waals surface area contributed by atoms with E-state index < -0.39 is 16.9 Å². The van der Waals surface area contributed by atoms with Crippen molar-refractivity contribution in [3.05, 3.63) is 51.6 Å². The van der Waals surface area contributed by atoms with Gasteiger partial charge in [-0.2, -0.15) is 0 Å². The quantitative estimate of drug-likeness (QED) is 0.448. The molecule has 0 saturated heterocycles. The molecule has 0 unspecified atom stereocenters. The number of carbonyl (C=O) groups is 2. The summed E-state index contributed by atoms with van der Waals surface area (Å²) in [5.74, 6) is -1.13. The van der Waals surface area contributed by atoms with Crippen LogP contribution in [-0.4, -0.2) is 39.6 Å². The van der Waals surface area contributed by atoms with E-state index in [1.807, 2.05) is 0 Å². The third-order valence-electron chi connectivity index (χ3n) is 3.30. The molecule has 1 aromatic carbocycles. The molecule has 1 heterocycles. The average Bonchev–Trinajstić information content (AvgIpc) is 2.93. The Kier molecular flexibility index (Phi) is 5.48. The van der Waals surface area contributed by atoms with Crippen LogP contribution in [0.2, 0.25) is 0 Å². The Morgan fingerprint density at radius 2 is 1.68 bits per heavy atom. The first kappa shape index (κ1) is 18.1. The first-order valence-electron chi connectivity index (χ1n) is 7.59. The topological polar surface area (TPSA) is 114 Å². The van der Waals surface area contributed by atoms with Crippen molar-refractivity contribution < 1.29 is 24.0 Å². The van der Waals surface area contributed by atoms with Gasteiger partial charge in [0.15, 0.2) is 11.4 Å². The highest BCUT2D eigenvalue weighted by molar-refractivity contribution is 6.01. The molecule has 0 fully saturated rings. The zero-order valence-corrected chi connectivity index (χ0v) is 14.0. The molecule has 1 aromatic heterocycles. The number of nitro benzene ring substituents is 1. The Morgan fingerprint density at radius 1 is 1.12 bits per heavy atom. The van der Waals surface area contributed by atoms with Crippen LogP contribution in [-0.2, 0) is 9.47 Å². The number of esters is 2. The third-order valence-corrected chi connectivity index (χ3v) is 3.30. The molecule has 9 nitrogen and oxygen atoms in total. The van der Waals surface area contributed by atoms with Crippen LogP contribution in [0.1, 0.15) is 40.6 Å². The third kappa shape index (κ3) is 3.65. The van der Waals surface area contributed by atoms with Gasteiger partial charge < -0.3 is 9.47 Å². The molecular weight excluding hydrogens is 330 g/mol. The molecular formula is C16H17N3O6. The number of carbonyl (C=O) groups excluding carboxylic acids is 2. The molecule has 132 valence electrons. The molecule has 0 saturated carbocycles. The van der Waals surface area contributed by atoms with Gasteiger partial charge in [0.05, 0.1) is 18.1 Å². The van der Waals surface area contributed by atoms with E-state index in [0.29, 0.717) is 11.5 Å². The van der Waals surface area contributed by atoms with Crippen LogP contribution in [0.25, 0.3) is 5.69 Å². The summed E-state index contributed by atoms with van der Waals surface area (Å²) >= 11 is 0. The fourth-order valence-electron chi connectivity index (χ4n) is 2.30. The minimum absolute atomic E-state index is 0.0772. The fraction of sp³-hybridized carbons (Fsp3) is 0.312. The van der Waals surface area contributed by atoms with Crippen LogP contribution in [0.5, 0.6) is 0 Å². The van der Waals surface area contributed by atoms with Gasteiger partial charge in [-0.05, 0) is 32.9 Å². The van der Waals surface area contributed by atoms with Crippen LogP contribution in [0.4, 0.5) is 5.69 Å². The van der Waals surface area contributed by atoms with Crippen LogP contribution in [0.3, 0.4) is 0 Å². The minimum atomic E-state index is -0.741. The van der Waals surface area contributed by atoms with E-state index in [1.54, 1.807) is 20.8 Å². The summed E-state index contributed by atoms with van der Waals surface area (Å²) in [4.78, 5) is 38.9. The lowest BCUT2D eigenvalue weighted by Crippen LogP contribution is -2.17. The summed E-state index contributed by atoms with van der Waals surface area (Å²) in [6, 6.07) is 5.52. The molecule has 0 atom stereocenters. The number of hydrogen-bond donors (Lipinski definition) is 0. The van der Waals surface area contributed by atoms with Gasteiger partial charge in [0.25, 0.3) is 5.69 Å². The molecule has 9 heteroatoms. The Bertz CT molecular complexity index is 810. The highest BCUT2D eigenvalue weighted by Crippen LogP contribution is 2.22. The van der Waals surface area contributed by atoms with E-state index in [9.17, 15) is 19.7 Å². The van der Waals surface area contributed by atoms with Crippen molar-refractivity contribution in [2.24, 2.45) is 0 Å². The molecule has 0 N–H and O–H groups in total. The smallest absolute Gasteiger partial charge is 0.359 e. The Morgan fingerprint density at radius 3 is 2.20 bits per heavy atom. The van der Waals surface area contributed by atoms with Crippen molar-refractivity contribution in [1.29, 1.82) is 0 Å². The Labute approximate surface area is 143 Å². The first-order chi connectivity index (χ1) is 11.9. The fourth-order valence-corrected chi connectivity index (χ4v) is 2.30. The summed E-state index contributed by atoms with van der Waals surface area (Å²) in [6.45, 7) is 5.13. The maximum Gasteiger partial charge on any atom is 0.359 e. The highest BCUT2D eigenvalue weighted by Gasteiger charge is 2.29. The lowest BCUT2D eigenvalue weighted by Gasteiger charge is -2.10. The van der Waals surface area contributed by atoms with E-state index in [1.165, 1.54) is 28.8 Å². The zero-order chi connectivity index (χ0) is 18.6. The molecule has 0 aliphatic heterocycles. The summed E-state index contributed by atoms with van der Waals surface area (Å²) in [7, 11) is 0. The van der Waals surface area contributed by atoms with E-state index >= 15 is 0 Å². The van der Waals surface area contributed by atoms with E-state index in [0.717, 1.165) is 0 Å². The van der Waals surface area contributed by atoms with Gasteiger partial charge in [-0.25, -0.2) is 14.6 Å². The average molecular weight is 347 g/mol. The molecule has 2 aromatic rings. The van der Waals surface area contributed by atoms with Crippen LogP contribution in [0, 0.1) is 17.0 Å². The van der Waals surface area contributed by atoms with Gasteiger partial charge in [0, 0.05) is 17.8 Å². The van der Waals surface area contributed by atoms with Gasteiger partial charge in [0.2, 0.25) is 0 Å². The number of imidazole rings is 1. The number of rotatable bonds is 6. The zero-order valence-electron chi connectivity index (χ0n) is 14.0. The molecule has 0 aliphatic rings. The standard InChI is InChI=1S/C16H17N3O6/c1-4-24-15(20)13-14(16(21)25-5-2)18(10(3)17-13)11-6-8-12(9-7-11)19(22)23/h6-9H,4-5H2,1-3H3. The predicted octanol–water partition coefficient (Wildman–Crippen LogP) is 2.44. The highest BCUT2D eigenvalue weighted by atomic mass is 16.6. The Balaban J connectivity index is 2.61. The summed E-state index contributed by atoms with van der Waals surface area (Å²) in [5.41, 5.74) is 0.113. The van der Waals surface area contributed by atoms with Gasteiger partial charge in [-0.1, -0.05) is 0 Å². The van der Waals surface area contributed by atoms with E-state index in [4.69, 9.17) is 9.47 Å². The maximum atomic E-state index is 12.4. The van der Waals surface area contributed by atoms with Crippen LogP contribution in [0.15, 0.2) is 24.3 Å². The molecule has 0 aliphatic carbocycles. The second-order valence-electron chi connectivity index (χ2n) is 4.91. The van der Waals surface area contributed by atoms with Crippen molar-refractivity contribution in [3.8, 4) is 5.69 Å². The van der Waals surface area contributed by atoms with Gasteiger partial charge in [-0.15, -0.1) is 0 Å². The molecule has 0 spiro atoms. The number of benzene rings is 1. The molecule has 25 heavy (non-hydrogen) atoms. The maximum absolute atomic E-state index is 12.4. The van der Waals surface area contributed by atoms with Crippen molar-refractivity contribution >= 4 is 17.6 Å². The first-order valence-corrected chi connectivity index (χ1v) is 7.59. The van der Waals surface area contributed by atoms with Gasteiger partial charge in [-0.3, -0.25) is 14.7 Å². The number of ether oxygens (including phenoxy) is 2. The number of hydrogen-bond acceptors (Lipinski definition) is 7. The van der Waals surface area contributed by atoms with Crippen molar-refractivity contribution in [2.45, 2.75) is 20.8 Å². The number of nitrogens with zero attached hydrogens (tertiary/aromatic N) is 3. The van der Waals surface area contributed by atoms with Gasteiger partial charge in [0.1, 0.15) is 5.82 Å². The second-order valence-corrected chi connectivity index (χ2v) is 4.91. The van der Waals surface area contributed by atoms with Crippen LogP contribution >= 0.6 is 0 Å². The lowest BCUT2D eigenvalue weighted by molar-refractivity contribution is -0.384. The monoisotopic (exact) mass is 347 g/mol. The van der Waals surface area contributed by atoms with Crippen molar-refractivity contribution in [2.75, 3.05) is 13.2 Å². The molecule has 0 bridgehead atoms. The summed E-state index contributed by atoms with van der Waals surface area (Å²) < 4.78 is 11.4. The second kappa shape index (κ2) is 7.56. The van der Waals surface area contributed by atoms with E-state index in [2.05, 4.69) is 4.98 Å². The predicted molar refractivity (Wildman–Crippen MR) is 86.9 cm³/mol. The number of nitro groups is 1. The SMILES string of the molecule is CCOC(=O)c1nc(C)n(-c2ccc([N+](=O)[O-])cc2)c1C(=O)OCC. The summed E-state index contributed by atoms with van der Waals surface area (Å²) in [6.07, 6.45) is 0. The Hall–Kier alpha value is -3.23. The number of non-ortho nitro benzene ring substituents is 1. The van der Waals surface area contributed by atoms with Crippen molar-refractivity contribution in [3.63, 3.8) is 0 Å². The summed E-state index contributed by atoms with van der Waals surface area (Å²) in [5, 5.41) is 10.8. The molecule has 2 rings (SSSR count). The minimum Gasteiger partial charge on any atom is -0.461 e. The largest absolute Gasteiger partial charge is 0.461 e.